The predicted molar refractivity (Wildman–Crippen MR) is 68.7 cm³/mol. The molecular formula is C12H15ClN2O2. The zero-order valence-corrected chi connectivity index (χ0v) is 10.5. The molecule has 1 aliphatic rings. The highest BCUT2D eigenvalue weighted by atomic mass is 35.5. The first-order valence-corrected chi connectivity index (χ1v) is 6.18. The van der Waals surface area contributed by atoms with E-state index in [9.17, 15) is 10.1 Å². The Bertz CT molecular complexity index is 437. The number of hydrogen-bond acceptors (Lipinski definition) is 3. The number of nitrogens with zero attached hydrogens (tertiary/aromatic N) is 2. The summed E-state index contributed by atoms with van der Waals surface area (Å²) in [5, 5.41) is 11.4. The van der Waals surface area contributed by atoms with Crippen LogP contribution in [0.2, 0.25) is 5.02 Å². The minimum atomic E-state index is -0.361. The number of rotatable bonds is 3. The molecule has 0 radical (unpaired) electrons. The third-order valence-electron chi connectivity index (χ3n) is 3.34. The van der Waals surface area contributed by atoms with E-state index in [-0.39, 0.29) is 10.6 Å². The molecule has 92 valence electrons. The smallest absolute Gasteiger partial charge is 0.294 e. The summed E-state index contributed by atoms with van der Waals surface area (Å²) in [4.78, 5) is 12.7. The maximum absolute atomic E-state index is 11.0. The van der Waals surface area contributed by atoms with Gasteiger partial charge in [-0.25, -0.2) is 0 Å². The third kappa shape index (κ3) is 2.52. The van der Waals surface area contributed by atoms with Gasteiger partial charge in [0.15, 0.2) is 0 Å². The molecule has 17 heavy (non-hydrogen) atoms. The van der Waals surface area contributed by atoms with Crippen LogP contribution in [-0.4, -0.2) is 18.0 Å². The van der Waals surface area contributed by atoms with Crippen LogP contribution in [0.4, 0.5) is 11.4 Å². The molecule has 0 aliphatic carbocycles. The van der Waals surface area contributed by atoms with Crippen LogP contribution < -0.4 is 4.90 Å². The second-order valence-corrected chi connectivity index (χ2v) is 4.84. The Morgan fingerprint density at radius 2 is 2.35 bits per heavy atom. The van der Waals surface area contributed by atoms with Gasteiger partial charge in [-0.05, 0) is 24.5 Å². The lowest BCUT2D eigenvalue weighted by molar-refractivity contribution is -0.384. The van der Waals surface area contributed by atoms with Gasteiger partial charge in [0.05, 0.1) is 4.92 Å². The fraction of sp³-hybridized carbons (Fsp3) is 0.500. The molecule has 1 heterocycles. The molecule has 1 atom stereocenters. The van der Waals surface area contributed by atoms with Gasteiger partial charge in [-0.1, -0.05) is 24.9 Å². The average molecular weight is 255 g/mol. The topological polar surface area (TPSA) is 46.4 Å². The maximum Gasteiger partial charge on any atom is 0.294 e. The Labute approximate surface area is 105 Å². The second kappa shape index (κ2) is 4.92. The molecule has 0 amide bonds. The summed E-state index contributed by atoms with van der Waals surface area (Å²) >= 11 is 5.80. The van der Waals surface area contributed by atoms with Gasteiger partial charge in [-0.3, -0.25) is 10.1 Å². The molecule has 0 aromatic heterocycles. The lowest BCUT2D eigenvalue weighted by Gasteiger charge is -2.18. The first-order chi connectivity index (χ1) is 8.11. The normalized spacial score (nSPS) is 19.6. The van der Waals surface area contributed by atoms with E-state index in [0.717, 1.165) is 25.9 Å². The van der Waals surface area contributed by atoms with Crippen LogP contribution in [0.15, 0.2) is 18.2 Å². The van der Waals surface area contributed by atoms with E-state index < -0.39 is 0 Å². The zero-order valence-electron chi connectivity index (χ0n) is 9.73. The zero-order chi connectivity index (χ0) is 12.4. The van der Waals surface area contributed by atoms with E-state index in [4.69, 9.17) is 11.6 Å². The van der Waals surface area contributed by atoms with Crippen molar-refractivity contribution in [2.24, 2.45) is 5.92 Å². The summed E-state index contributed by atoms with van der Waals surface area (Å²) in [7, 11) is 0. The second-order valence-electron chi connectivity index (χ2n) is 4.40. The van der Waals surface area contributed by atoms with E-state index in [1.807, 2.05) is 0 Å². The van der Waals surface area contributed by atoms with Crippen molar-refractivity contribution in [1.29, 1.82) is 0 Å². The molecule has 1 unspecified atom stereocenters. The number of nitro benzene ring substituents is 1. The molecule has 5 heteroatoms. The summed E-state index contributed by atoms with van der Waals surface area (Å²) < 4.78 is 0. The fourth-order valence-electron chi connectivity index (χ4n) is 2.29. The molecule has 0 saturated carbocycles. The van der Waals surface area contributed by atoms with Gasteiger partial charge in [0.2, 0.25) is 0 Å². The minimum Gasteiger partial charge on any atom is -0.366 e. The molecule has 1 saturated heterocycles. The Balaban J connectivity index is 2.29. The number of hydrogen-bond donors (Lipinski definition) is 0. The molecule has 0 spiro atoms. The van der Waals surface area contributed by atoms with Gasteiger partial charge in [0.25, 0.3) is 5.69 Å². The molecule has 4 nitrogen and oxygen atoms in total. The van der Waals surface area contributed by atoms with E-state index in [0.29, 0.717) is 16.6 Å². The third-order valence-corrected chi connectivity index (χ3v) is 3.57. The summed E-state index contributed by atoms with van der Waals surface area (Å²) in [5.41, 5.74) is 0.796. The average Bonchev–Trinajstić information content (AvgIpc) is 2.77. The molecule has 2 rings (SSSR count). The quantitative estimate of drug-likeness (QED) is 0.613. The van der Waals surface area contributed by atoms with Gasteiger partial charge in [0.1, 0.15) is 5.69 Å². The Hall–Kier alpha value is -1.29. The standard InChI is InChI=1S/C12H15ClN2O2/c1-2-9-5-6-14(8-9)11-4-3-10(13)7-12(11)15(16)17/h3-4,7,9H,2,5-6,8H2,1H3. The highest BCUT2D eigenvalue weighted by molar-refractivity contribution is 6.30. The van der Waals surface area contributed by atoms with E-state index in [1.54, 1.807) is 12.1 Å². The van der Waals surface area contributed by atoms with E-state index in [1.165, 1.54) is 6.07 Å². The van der Waals surface area contributed by atoms with Crippen LogP contribution in [-0.2, 0) is 0 Å². The lowest BCUT2D eigenvalue weighted by atomic mass is 10.1. The van der Waals surface area contributed by atoms with Crippen LogP contribution in [0.25, 0.3) is 0 Å². The van der Waals surface area contributed by atoms with Gasteiger partial charge in [-0.15, -0.1) is 0 Å². The Morgan fingerprint density at radius 1 is 1.59 bits per heavy atom. The first kappa shape index (κ1) is 12.2. The molecule has 0 bridgehead atoms. The van der Waals surface area contributed by atoms with Crippen LogP contribution in [0.3, 0.4) is 0 Å². The van der Waals surface area contributed by atoms with Crippen molar-refractivity contribution in [3.8, 4) is 0 Å². The molecule has 1 aliphatic heterocycles. The first-order valence-electron chi connectivity index (χ1n) is 5.80. The van der Waals surface area contributed by atoms with Crippen molar-refractivity contribution >= 4 is 23.0 Å². The molecule has 1 aromatic carbocycles. The lowest BCUT2D eigenvalue weighted by Crippen LogP contribution is -2.20. The highest BCUT2D eigenvalue weighted by Crippen LogP contribution is 2.34. The SMILES string of the molecule is CCC1CCN(c2ccc(Cl)cc2[N+](=O)[O-])C1. The Kier molecular flexibility index (Phi) is 3.52. The van der Waals surface area contributed by atoms with Gasteiger partial charge in [0, 0.05) is 24.2 Å². The van der Waals surface area contributed by atoms with E-state index >= 15 is 0 Å². The maximum atomic E-state index is 11.0. The number of nitro groups is 1. The summed E-state index contributed by atoms with van der Waals surface area (Å²) in [5.74, 6) is 0.644. The fourth-order valence-corrected chi connectivity index (χ4v) is 2.46. The summed E-state index contributed by atoms with van der Waals surface area (Å²) in [6.07, 6.45) is 2.23. The van der Waals surface area contributed by atoms with Crippen molar-refractivity contribution < 1.29 is 4.92 Å². The number of halogens is 1. The van der Waals surface area contributed by atoms with Crippen LogP contribution >= 0.6 is 11.6 Å². The summed E-state index contributed by atoms with van der Waals surface area (Å²) in [6, 6.07) is 4.89. The van der Waals surface area contributed by atoms with Crippen molar-refractivity contribution in [3.05, 3.63) is 33.3 Å². The van der Waals surface area contributed by atoms with Crippen LogP contribution in [0.5, 0.6) is 0 Å². The molecular weight excluding hydrogens is 240 g/mol. The molecule has 1 fully saturated rings. The minimum absolute atomic E-state index is 0.106. The number of anilines is 1. The van der Waals surface area contributed by atoms with Crippen LogP contribution in [0, 0.1) is 16.0 Å². The van der Waals surface area contributed by atoms with Gasteiger partial charge < -0.3 is 4.90 Å². The van der Waals surface area contributed by atoms with Crippen molar-refractivity contribution in [3.63, 3.8) is 0 Å². The van der Waals surface area contributed by atoms with Gasteiger partial charge >= 0.3 is 0 Å². The Morgan fingerprint density at radius 3 is 2.94 bits per heavy atom. The number of benzene rings is 1. The van der Waals surface area contributed by atoms with Gasteiger partial charge in [-0.2, -0.15) is 0 Å². The predicted octanol–water partition coefficient (Wildman–Crippen LogP) is 3.48. The molecule has 1 aromatic rings. The van der Waals surface area contributed by atoms with Crippen molar-refractivity contribution in [2.75, 3.05) is 18.0 Å². The highest BCUT2D eigenvalue weighted by Gasteiger charge is 2.26. The van der Waals surface area contributed by atoms with Crippen molar-refractivity contribution in [1.82, 2.24) is 0 Å². The monoisotopic (exact) mass is 254 g/mol. The van der Waals surface area contributed by atoms with Crippen molar-refractivity contribution in [2.45, 2.75) is 19.8 Å². The molecule has 0 N–H and O–H groups in total. The largest absolute Gasteiger partial charge is 0.366 e. The van der Waals surface area contributed by atoms with E-state index in [2.05, 4.69) is 11.8 Å². The van der Waals surface area contributed by atoms with Crippen LogP contribution in [0.1, 0.15) is 19.8 Å². The summed E-state index contributed by atoms with van der Waals surface area (Å²) in [6.45, 7) is 3.95.